The third kappa shape index (κ3) is 3.45. The van der Waals surface area contributed by atoms with Gasteiger partial charge in [-0.3, -0.25) is 0 Å². The van der Waals surface area contributed by atoms with E-state index in [0.29, 0.717) is 5.92 Å². The summed E-state index contributed by atoms with van der Waals surface area (Å²) in [7, 11) is 0. The quantitative estimate of drug-likeness (QED) is 0.386. The Morgan fingerprint density at radius 2 is 1.80 bits per heavy atom. The minimum absolute atomic E-state index is 0.377. The van der Waals surface area contributed by atoms with E-state index in [2.05, 4.69) is 101 Å². The number of fused-ring (bicyclic) bond motifs is 1. The van der Waals surface area contributed by atoms with Crippen LogP contribution in [0.15, 0.2) is 83.7 Å². The molecule has 2 aromatic heterocycles. The van der Waals surface area contributed by atoms with Gasteiger partial charge in [0.15, 0.2) is 0 Å². The molecule has 0 spiro atoms. The van der Waals surface area contributed by atoms with Crippen LogP contribution in [0.5, 0.6) is 0 Å². The molecule has 0 saturated heterocycles. The summed E-state index contributed by atoms with van der Waals surface area (Å²) in [6.45, 7) is 3.18. The lowest BCUT2D eigenvalue weighted by Gasteiger charge is -2.05. The number of hydrogen-bond acceptors (Lipinski definition) is 1. The van der Waals surface area contributed by atoms with Crippen LogP contribution >= 0.6 is 11.3 Å². The standard InChI is InChI=1S/C23H21NS/c1-18(11-12-20-13-14-25-17-20)22-16-24(15-19-7-3-2-4-8-19)23-10-6-5-9-21(22)23/h2-14,16-18H,15H2,1H3/b12-11+/t18-/m0/s1. The predicted octanol–water partition coefficient (Wildman–Crippen LogP) is 6.57. The molecule has 0 fully saturated rings. The molecule has 4 rings (SSSR count). The van der Waals surface area contributed by atoms with E-state index >= 15 is 0 Å². The van der Waals surface area contributed by atoms with E-state index in [4.69, 9.17) is 0 Å². The highest BCUT2D eigenvalue weighted by atomic mass is 32.1. The van der Waals surface area contributed by atoms with Gasteiger partial charge in [-0.25, -0.2) is 0 Å². The number of rotatable bonds is 5. The summed E-state index contributed by atoms with van der Waals surface area (Å²) in [4.78, 5) is 0. The molecule has 2 aromatic carbocycles. The Bertz CT molecular complexity index is 978. The Balaban J connectivity index is 1.69. The normalized spacial score (nSPS) is 12.8. The van der Waals surface area contributed by atoms with Crippen molar-refractivity contribution in [2.24, 2.45) is 0 Å². The molecule has 0 saturated carbocycles. The average Bonchev–Trinajstić information content (AvgIpc) is 3.29. The van der Waals surface area contributed by atoms with Gasteiger partial charge in [0.2, 0.25) is 0 Å². The Morgan fingerprint density at radius 1 is 1.00 bits per heavy atom. The Morgan fingerprint density at radius 3 is 2.60 bits per heavy atom. The maximum absolute atomic E-state index is 2.37. The first kappa shape index (κ1) is 15.9. The molecule has 1 atom stereocenters. The van der Waals surface area contributed by atoms with Crippen molar-refractivity contribution in [3.05, 3.63) is 100 Å². The minimum Gasteiger partial charge on any atom is -0.343 e. The fourth-order valence-electron chi connectivity index (χ4n) is 3.28. The number of allylic oxidation sites excluding steroid dienone is 1. The SMILES string of the molecule is C[C@@H](/C=C/c1ccsc1)c1cn(Cc2ccccc2)c2ccccc12. The lowest BCUT2D eigenvalue weighted by Crippen LogP contribution is -1.97. The van der Waals surface area contributed by atoms with Crippen LogP contribution in [0.2, 0.25) is 0 Å². The molecule has 0 aliphatic rings. The number of nitrogens with zero attached hydrogens (tertiary/aromatic N) is 1. The highest BCUT2D eigenvalue weighted by Crippen LogP contribution is 2.29. The summed E-state index contributed by atoms with van der Waals surface area (Å²) in [5.74, 6) is 0.377. The molecule has 4 aromatic rings. The molecule has 0 radical (unpaired) electrons. The number of benzene rings is 2. The van der Waals surface area contributed by atoms with Gasteiger partial charge in [0.25, 0.3) is 0 Å². The van der Waals surface area contributed by atoms with Gasteiger partial charge in [-0.1, -0.05) is 67.6 Å². The van der Waals surface area contributed by atoms with Crippen molar-refractivity contribution in [2.75, 3.05) is 0 Å². The van der Waals surface area contributed by atoms with Crippen LogP contribution in [0.1, 0.15) is 29.5 Å². The smallest absolute Gasteiger partial charge is 0.0486 e. The van der Waals surface area contributed by atoms with Gasteiger partial charge >= 0.3 is 0 Å². The highest BCUT2D eigenvalue weighted by molar-refractivity contribution is 7.08. The van der Waals surface area contributed by atoms with Crippen molar-refractivity contribution in [2.45, 2.75) is 19.4 Å². The summed E-state index contributed by atoms with van der Waals surface area (Å²) in [6.07, 6.45) is 6.85. The summed E-state index contributed by atoms with van der Waals surface area (Å²) < 4.78 is 2.37. The second-order valence-electron chi connectivity index (χ2n) is 6.42. The molecule has 0 aliphatic heterocycles. The average molecular weight is 343 g/mol. The van der Waals surface area contributed by atoms with Crippen LogP contribution in [0.4, 0.5) is 0 Å². The zero-order valence-electron chi connectivity index (χ0n) is 14.3. The lowest BCUT2D eigenvalue weighted by atomic mass is 9.99. The fourth-order valence-corrected chi connectivity index (χ4v) is 3.91. The van der Waals surface area contributed by atoms with Crippen molar-refractivity contribution in [3.8, 4) is 0 Å². The minimum atomic E-state index is 0.377. The monoisotopic (exact) mass is 343 g/mol. The Labute approximate surface area is 152 Å². The van der Waals surface area contributed by atoms with Crippen molar-refractivity contribution in [1.82, 2.24) is 4.57 Å². The van der Waals surface area contributed by atoms with E-state index in [-0.39, 0.29) is 0 Å². The molecule has 25 heavy (non-hydrogen) atoms. The van der Waals surface area contributed by atoms with Gasteiger partial charge in [-0.2, -0.15) is 11.3 Å². The maximum atomic E-state index is 2.37. The molecule has 124 valence electrons. The van der Waals surface area contributed by atoms with E-state index < -0.39 is 0 Å². The van der Waals surface area contributed by atoms with Crippen LogP contribution < -0.4 is 0 Å². The van der Waals surface area contributed by atoms with Crippen molar-refractivity contribution in [1.29, 1.82) is 0 Å². The Hall–Kier alpha value is -2.58. The van der Waals surface area contributed by atoms with Gasteiger partial charge in [0.1, 0.15) is 0 Å². The van der Waals surface area contributed by atoms with Gasteiger partial charge in [0, 0.05) is 29.6 Å². The molecular weight excluding hydrogens is 322 g/mol. The van der Waals surface area contributed by atoms with Gasteiger partial charge < -0.3 is 4.57 Å². The van der Waals surface area contributed by atoms with Crippen LogP contribution in [-0.4, -0.2) is 4.57 Å². The molecule has 0 unspecified atom stereocenters. The number of aromatic nitrogens is 1. The molecule has 0 bridgehead atoms. The van der Waals surface area contributed by atoms with Crippen molar-refractivity contribution < 1.29 is 0 Å². The van der Waals surface area contributed by atoms with E-state index in [9.17, 15) is 0 Å². The second-order valence-corrected chi connectivity index (χ2v) is 7.20. The van der Waals surface area contributed by atoms with Crippen LogP contribution in [0.3, 0.4) is 0 Å². The number of hydrogen-bond donors (Lipinski definition) is 0. The summed E-state index contributed by atoms with van der Waals surface area (Å²) >= 11 is 1.74. The van der Waals surface area contributed by atoms with Gasteiger partial charge in [-0.05, 0) is 39.6 Å². The molecule has 0 aliphatic carbocycles. The molecular formula is C23H21NS. The zero-order valence-corrected chi connectivity index (χ0v) is 15.1. The number of thiophene rings is 1. The third-order valence-electron chi connectivity index (χ3n) is 4.63. The maximum Gasteiger partial charge on any atom is 0.0486 e. The van der Waals surface area contributed by atoms with Crippen LogP contribution in [0, 0.1) is 0 Å². The fraction of sp³-hybridized carbons (Fsp3) is 0.130. The molecule has 1 nitrogen and oxygen atoms in total. The summed E-state index contributed by atoms with van der Waals surface area (Å²) in [5, 5.41) is 5.65. The largest absolute Gasteiger partial charge is 0.343 e. The summed E-state index contributed by atoms with van der Waals surface area (Å²) in [6, 6.07) is 21.5. The first-order valence-electron chi connectivity index (χ1n) is 8.63. The Kier molecular flexibility index (Phi) is 4.53. The van der Waals surface area contributed by atoms with E-state index in [0.717, 1.165) is 6.54 Å². The first-order valence-corrected chi connectivity index (χ1v) is 9.57. The van der Waals surface area contributed by atoms with Gasteiger partial charge in [-0.15, -0.1) is 0 Å². The van der Waals surface area contributed by atoms with E-state index in [1.165, 1.54) is 27.6 Å². The van der Waals surface area contributed by atoms with Crippen LogP contribution in [0.25, 0.3) is 17.0 Å². The van der Waals surface area contributed by atoms with E-state index in [1.807, 2.05) is 0 Å². The van der Waals surface area contributed by atoms with E-state index in [1.54, 1.807) is 11.3 Å². The second kappa shape index (κ2) is 7.12. The van der Waals surface area contributed by atoms with Gasteiger partial charge in [0.05, 0.1) is 0 Å². The molecule has 0 amide bonds. The zero-order chi connectivity index (χ0) is 17.1. The topological polar surface area (TPSA) is 4.93 Å². The third-order valence-corrected chi connectivity index (χ3v) is 5.33. The lowest BCUT2D eigenvalue weighted by molar-refractivity contribution is 0.824. The van der Waals surface area contributed by atoms with Crippen molar-refractivity contribution >= 4 is 28.3 Å². The van der Waals surface area contributed by atoms with Crippen molar-refractivity contribution in [3.63, 3.8) is 0 Å². The molecule has 2 heteroatoms. The highest BCUT2D eigenvalue weighted by Gasteiger charge is 2.12. The molecule has 0 N–H and O–H groups in total. The summed E-state index contributed by atoms with van der Waals surface area (Å²) in [5.41, 5.74) is 5.30. The molecule has 2 heterocycles. The number of para-hydroxylation sites is 1. The first-order chi connectivity index (χ1) is 12.3. The van der Waals surface area contributed by atoms with Crippen LogP contribution in [-0.2, 0) is 6.54 Å². The predicted molar refractivity (Wildman–Crippen MR) is 109 cm³/mol.